The van der Waals surface area contributed by atoms with Crippen molar-refractivity contribution in [2.45, 2.75) is 31.9 Å². The predicted molar refractivity (Wildman–Crippen MR) is 71.4 cm³/mol. The van der Waals surface area contributed by atoms with Gasteiger partial charge in [-0.05, 0) is 39.9 Å². The Bertz CT molecular complexity index is 452. The number of nitrogens with one attached hydrogen (secondary N) is 1. The van der Waals surface area contributed by atoms with Crippen LogP contribution in [0.25, 0.3) is 0 Å². The molecule has 0 spiro atoms. The van der Waals surface area contributed by atoms with Crippen molar-refractivity contribution in [1.29, 1.82) is 0 Å². The van der Waals surface area contributed by atoms with E-state index in [4.69, 9.17) is 0 Å². The molecule has 0 aliphatic rings. The molecule has 1 rings (SSSR count). The van der Waals surface area contributed by atoms with Crippen molar-refractivity contribution in [2.75, 3.05) is 6.54 Å². The third-order valence-electron chi connectivity index (χ3n) is 1.89. The van der Waals surface area contributed by atoms with Gasteiger partial charge in [0.05, 0.1) is 3.79 Å². The summed E-state index contributed by atoms with van der Waals surface area (Å²) in [5.74, 6) is 0. The summed E-state index contributed by atoms with van der Waals surface area (Å²) in [6.07, 6.45) is 0. The van der Waals surface area contributed by atoms with E-state index in [9.17, 15) is 8.42 Å². The van der Waals surface area contributed by atoms with Gasteiger partial charge in [-0.1, -0.05) is 20.8 Å². The number of thiophene rings is 1. The lowest BCUT2D eigenvalue weighted by atomic mass is 9.98. The van der Waals surface area contributed by atoms with Crippen molar-refractivity contribution < 1.29 is 8.42 Å². The minimum Gasteiger partial charge on any atom is -0.210 e. The molecule has 0 saturated carbocycles. The molecule has 0 aliphatic heterocycles. The van der Waals surface area contributed by atoms with Crippen molar-refractivity contribution in [2.24, 2.45) is 5.41 Å². The molecule has 92 valence electrons. The lowest BCUT2D eigenvalue weighted by Crippen LogP contribution is -2.31. The van der Waals surface area contributed by atoms with Gasteiger partial charge in [0.25, 0.3) is 0 Å². The van der Waals surface area contributed by atoms with Gasteiger partial charge < -0.3 is 0 Å². The van der Waals surface area contributed by atoms with Crippen LogP contribution < -0.4 is 4.72 Å². The molecule has 0 unspecified atom stereocenters. The average molecular weight is 326 g/mol. The van der Waals surface area contributed by atoms with E-state index >= 15 is 0 Å². The van der Waals surface area contributed by atoms with Crippen molar-refractivity contribution in [3.05, 3.63) is 15.4 Å². The number of sulfonamides is 1. The Morgan fingerprint density at radius 1 is 1.44 bits per heavy atom. The number of hydrogen-bond acceptors (Lipinski definition) is 3. The van der Waals surface area contributed by atoms with Crippen LogP contribution in [-0.2, 0) is 10.0 Å². The summed E-state index contributed by atoms with van der Waals surface area (Å²) in [5, 5.41) is 0. The van der Waals surface area contributed by atoms with Crippen LogP contribution in [-0.4, -0.2) is 15.0 Å². The maximum atomic E-state index is 11.9. The van der Waals surface area contributed by atoms with Crippen LogP contribution in [0.5, 0.6) is 0 Å². The molecule has 1 N–H and O–H groups in total. The van der Waals surface area contributed by atoms with E-state index in [1.54, 1.807) is 6.07 Å². The Hall–Kier alpha value is 0.0900. The maximum absolute atomic E-state index is 11.9. The Balaban J connectivity index is 2.87. The van der Waals surface area contributed by atoms with Gasteiger partial charge in [-0.2, -0.15) is 0 Å². The highest BCUT2D eigenvalue weighted by Crippen LogP contribution is 2.30. The van der Waals surface area contributed by atoms with E-state index < -0.39 is 10.0 Å². The van der Waals surface area contributed by atoms with E-state index in [2.05, 4.69) is 20.7 Å². The van der Waals surface area contributed by atoms with Gasteiger partial charge >= 0.3 is 0 Å². The predicted octanol–water partition coefficient (Wildman–Crippen LogP) is 3.14. The van der Waals surface area contributed by atoms with Crippen LogP contribution in [0.4, 0.5) is 0 Å². The maximum Gasteiger partial charge on any atom is 0.250 e. The van der Waals surface area contributed by atoms with Crippen LogP contribution in [0.2, 0.25) is 0 Å². The number of halogens is 1. The lowest BCUT2D eigenvalue weighted by molar-refractivity contribution is 0.408. The highest BCUT2D eigenvalue weighted by Gasteiger charge is 2.20. The lowest BCUT2D eigenvalue weighted by Gasteiger charge is -2.18. The Morgan fingerprint density at radius 2 is 2.00 bits per heavy atom. The standard InChI is InChI=1S/C10H16BrNO2S2/c1-7-5-8(15-9(7)11)16(13,14)12-6-10(2,3)4/h5,12H,6H2,1-4H3. The van der Waals surface area contributed by atoms with Crippen LogP contribution in [0.15, 0.2) is 14.1 Å². The third kappa shape index (κ3) is 3.84. The zero-order chi connectivity index (χ0) is 12.6. The molecule has 0 saturated heterocycles. The topological polar surface area (TPSA) is 46.2 Å². The molecule has 0 fully saturated rings. The molecule has 0 aromatic carbocycles. The van der Waals surface area contributed by atoms with E-state index in [1.807, 2.05) is 27.7 Å². The average Bonchev–Trinajstić information content (AvgIpc) is 2.44. The number of hydrogen-bond donors (Lipinski definition) is 1. The second-order valence-corrected chi connectivity index (χ2v) is 9.27. The van der Waals surface area contributed by atoms with Crippen molar-refractivity contribution in [3.8, 4) is 0 Å². The summed E-state index contributed by atoms with van der Waals surface area (Å²) in [6, 6.07) is 1.68. The quantitative estimate of drug-likeness (QED) is 0.927. The van der Waals surface area contributed by atoms with Gasteiger partial charge in [-0.3, -0.25) is 0 Å². The molecule has 1 aromatic rings. The van der Waals surface area contributed by atoms with Crippen LogP contribution >= 0.6 is 27.3 Å². The fraction of sp³-hybridized carbons (Fsp3) is 0.600. The van der Waals surface area contributed by atoms with Gasteiger partial charge in [0.2, 0.25) is 10.0 Å². The van der Waals surface area contributed by atoms with Crippen LogP contribution in [0.3, 0.4) is 0 Å². The van der Waals surface area contributed by atoms with Gasteiger partial charge in [0.1, 0.15) is 4.21 Å². The molecular formula is C10H16BrNO2S2. The normalized spacial score (nSPS) is 13.1. The van der Waals surface area contributed by atoms with Crippen molar-refractivity contribution >= 4 is 37.3 Å². The molecule has 16 heavy (non-hydrogen) atoms. The monoisotopic (exact) mass is 325 g/mol. The highest BCUT2D eigenvalue weighted by atomic mass is 79.9. The first-order valence-corrected chi connectivity index (χ1v) is 7.97. The molecule has 6 heteroatoms. The van der Waals surface area contributed by atoms with Crippen molar-refractivity contribution in [3.63, 3.8) is 0 Å². The first-order chi connectivity index (χ1) is 7.12. The van der Waals surface area contributed by atoms with Gasteiger partial charge in [-0.15, -0.1) is 11.3 Å². The van der Waals surface area contributed by atoms with E-state index in [0.717, 1.165) is 9.35 Å². The Kier molecular flexibility index (Phi) is 4.21. The zero-order valence-electron chi connectivity index (χ0n) is 9.80. The molecule has 3 nitrogen and oxygen atoms in total. The van der Waals surface area contributed by atoms with Gasteiger partial charge in [-0.25, -0.2) is 13.1 Å². The minimum atomic E-state index is -3.36. The second kappa shape index (κ2) is 4.76. The largest absolute Gasteiger partial charge is 0.250 e. The fourth-order valence-electron chi connectivity index (χ4n) is 0.947. The van der Waals surface area contributed by atoms with Crippen molar-refractivity contribution in [1.82, 2.24) is 4.72 Å². The molecule has 1 aromatic heterocycles. The summed E-state index contributed by atoms with van der Waals surface area (Å²) < 4.78 is 27.7. The molecular weight excluding hydrogens is 310 g/mol. The van der Waals surface area contributed by atoms with E-state index in [-0.39, 0.29) is 5.41 Å². The first kappa shape index (κ1) is 14.2. The van der Waals surface area contributed by atoms with Crippen LogP contribution in [0, 0.1) is 12.3 Å². The fourth-order valence-corrected chi connectivity index (χ4v) is 4.50. The SMILES string of the molecule is Cc1cc(S(=O)(=O)NCC(C)(C)C)sc1Br. The molecule has 0 atom stereocenters. The molecule has 0 radical (unpaired) electrons. The zero-order valence-corrected chi connectivity index (χ0v) is 13.0. The number of aryl methyl sites for hydroxylation is 1. The summed E-state index contributed by atoms with van der Waals surface area (Å²) in [5.41, 5.74) is 0.887. The van der Waals surface area contributed by atoms with Gasteiger partial charge in [0.15, 0.2) is 0 Å². The Morgan fingerprint density at radius 3 is 2.38 bits per heavy atom. The smallest absolute Gasteiger partial charge is 0.210 e. The van der Waals surface area contributed by atoms with E-state index in [0.29, 0.717) is 10.8 Å². The van der Waals surface area contributed by atoms with Crippen LogP contribution in [0.1, 0.15) is 26.3 Å². The van der Waals surface area contributed by atoms with Gasteiger partial charge in [0, 0.05) is 6.54 Å². The summed E-state index contributed by atoms with van der Waals surface area (Å²) >= 11 is 4.56. The molecule has 1 heterocycles. The second-order valence-electron chi connectivity index (χ2n) is 4.91. The molecule has 0 bridgehead atoms. The highest BCUT2D eigenvalue weighted by molar-refractivity contribution is 9.11. The third-order valence-corrected chi connectivity index (χ3v) is 5.90. The summed E-state index contributed by atoms with van der Waals surface area (Å²) in [4.78, 5) is 0. The number of rotatable bonds is 3. The summed E-state index contributed by atoms with van der Waals surface area (Å²) in [7, 11) is -3.36. The Labute approximate surface area is 109 Å². The molecule has 0 aliphatic carbocycles. The van der Waals surface area contributed by atoms with E-state index in [1.165, 1.54) is 11.3 Å². The first-order valence-electron chi connectivity index (χ1n) is 4.87. The molecule has 0 amide bonds. The summed E-state index contributed by atoms with van der Waals surface area (Å²) in [6.45, 7) is 8.29. The minimum absolute atomic E-state index is 0.0589.